The number of unbranched alkanes of at least 4 members (excludes halogenated alkanes) is 1. The molecule has 0 saturated heterocycles. The molecule has 0 aliphatic heterocycles. The summed E-state index contributed by atoms with van der Waals surface area (Å²) < 4.78 is 76.8. The summed E-state index contributed by atoms with van der Waals surface area (Å²) in [6.07, 6.45) is -3.64. The van der Waals surface area contributed by atoms with Gasteiger partial charge in [-0.1, -0.05) is 42.9 Å². The molecule has 1 N–H and O–H groups in total. The second kappa shape index (κ2) is 18.9. The quantitative estimate of drug-likeness (QED) is 0.0730. The van der Waals surface area contributed by atoms with Crippen LogP contribution in [-0.2, 0) is 37.1 Å². The van der Waals surface area contributed by atoms with Gasteiger partial charge in [0.05, 0.1) is 32.5 Å². The van der Waals surface area contributed by atoms with Gasteiger partial charge in [0.2, 0.25) is 15.7 Å². The maximum absolute atomic E-state index is 12.8. The minimum Gasteiger partial charge on any atom is -0.361 e. The average Bonchev–Trinajstić information content (AvgIpc) is 2.94. The zero-order valence-corrected chi connectivity index (χ0v) is 29.7. The molecule has 0 aliphatic rings. The van der Waals surface area contributed by atoms with Crippen LogP contribution in [0.4, 0.5) is 30.2 Å². The van der Waals surface area contributed by atoms with Crippen molar-refractivity contribution in [3.63, 3.8) is 0 Å². The first-order chi connectivity index (χ1) is 21.3. The Kier molecular flexibility index (Phi) is 17.1. The van der Waals surface area contributed by atoms with Crippen LogP contribution < -0.4 is 9.62 Å². The molecule has 0 saturated carbocycles. The molecule has 260 valence electrons. The first-order valence-corrected chi connectivity index (χ1v) is 19.9. The van der Waals surface area contributed by atoms with Crippen molar-refractivity contribution in [2.24, 2.45) is 0 Å². The summed E-state index contributed by atoms with van der Waals surface area (Å²) in [5.74, 6) is 0.489. The average molecular weight is 733 g/mol. The zero-order chi connectivity index (χ0) is 35.3. The maximum Gasteiger partial charge on any atom is 0.416 e. The number of halogens is 3. The molecule has 12 nitrogen and oxygen atoms in total. The number of sulfonamides is 1. The smallest absolute Gasteiger partial charge is 0.361 e. The molecule has 0 atom stereocenters. The van der Waals surface area contributed by atoms with Crippen LogP contribution in [0.25, 0.3) is 0 Å². The third kappa shape index (κ3) is 13.8. The lowest BCUT2D eigenvalue weighted by Crippen LogP contribution is -2.26. The van der Waals surface area contributed by atoms with Gasteiger partial charge in [0.1, 0.15) is 0 Å². The number of benzene rings is 2. The third-order valence-electron chi connectivity index (χ3n) is 5.65. The molecule has 2 aromatic rings. The molecule has 0 aliphatic carbocycles. The van der Waals surface area contributed by atoms with E-state index in [1.54, 1.807) is 37.3 Å². The second-order valence-electron chi connectivity index (χ2n) is 10.1. The minimum atomic E-state index is -4.91. The highest BCUT2D eigenvalue weighted by Gasteiger charge is 2.39. The fourth-order valence-corrected chi connectivity index (χ4v) is 10.6. The summed E-state index contributed by atoms with van der Waals surface area (Å²) in [7, 11) is -3.49. The molecular formula is C27H40F3N4O8PS3. The molecular weight excluding hydrogens is 692 g/mol. The van der Waals surface area contributed by atoms with Crippen molar-refractivity contribution < 1.29 is 40.5 Å². The summed E-state index contributed by atoms with van der Waals surface area (Å²) >= 11 is 6.88. The van der Waals surface area contributed by atoms with Crippen LogP contribution in [-0.4, -0.2) is 55.9 Å². The predicted octanol–water partition coefficient (Wildman–Crippen LogP) is 7.92. The number of nitro groups is 2. The number of rotatable bonds is 17. The molecule has 0 fully saturated rings. The van der Waals surface area contributed by atoms with Gasteiger partial charge >= 0.3 is 6.18 Å². The first-order valence-electron chi connectivity index (χ1n) is 14.2. The van der Waals surface area contributed by atoms with E-state index in [1.807, 2.05) is 34.6 Å². The van der Waals surface area contributed by atoms with E-state index >= 15 is 0 Å². The first kappa shape index (κ1) is 41.7. The Morgan fingerprint density at radius 3 is 1.89 bits per heavy atom. The van der Waals surface area contributed by atoms with Crippen molar-refractivity contribution in [3.05, 3.63) is 68.3 Å². The lowest BCUT2D eigenvalue weighted by molar-refractivity contribution is -0.393. The van der Waals surface area contributed by atoms with Crippen molar-refractivity contribution in [3.8, 4) is 0 Å². The molecule has 0 unspecified atom stereocenters. The van der Waals surface area contributed by atoms with Gasteiger partial charge in [0.25, 0.3) is 11.4 Å². The monoisotopic (exact) mass is 732 g/mol. The van der Waals surface area contributed by atoms with Gasteiger partial charge in [-0.25, -0.2) is 13.1 Å². The topological polar surface area (TPSA) is 154 Å². The Morgan fingerprint density at radius 1 is 1.00 bits per heavy atom. The van der Waals surface area contributed by atoms with Crippen molar-refractivity contribution in [1.82, 2.24) is 4.72 Å². The molecule has 46 heavy (non-hydrogen) atoms. The molecule has 0 heterocycles. The normalized spacial score (nSPS) is 12.2. The summed E-state index contributed by atoms with van der Waals surface area (Å²) in [6.45, 7) is 11.9. The maximum atomic E-state index is 12.8. The number of nitrogens with zero attached hydrogens (tertiary/aromatic N) is 3. The Morgan fingerprint density at radius 2 is 1.50 bits per heavy atom. The molecule has 0 aromatic heterocycles. The van der Waals surface area contributed by atoms with E-state index in [0.717, 1.165) is 6.42 Å². The number of nitro benzene ring substituents is 2. The molecule has 0 spiro atoms. The van der Waals surface area contributed by atoms with Gasteiger partial charge in [-0.2, -0.15) is 13.2 Å². The fourth-order valence-electron chi connectivity index (χ4n) is 3.77. The standard InChI is InChI=1S/C14H24NO4PS3.C13H16F3N3O4/c1-12(2)18-20(21,19-13(3)4)22-11-10-15-23(16,17)14-8-6-5-7-9-14;1-3-5-6-17(4-2)12-10(18(20)21)7-9(13(14,15)16)8-11(12)19(22)23/h5-9,12-13,15H,10-11H2,1-4H3;7-8H,3-6H2,1-2H3. The highest BCUT2D eigenvalue weighted by Crippen LogP contribution is 2.62. The van der Waals surface area contributed by atoms with Crippen LogP contribution in [0.3, 0.4) is 0 Å². The highest BCUT2D eigenvalue weighted by molar-refractivity contribution is 8.67. The third-order valence-corrected chi connectivity index (χ3v) is 12.7. The fraction of sp³-hybridized carbons (Fsp3) is 0.556. The summed E-state index contributed by atoms with van der Waals surface area (Å²) in [5, 5.41) is 22.3. The Hall–Kier alpha value is -2.34. The number of hydrogen-bond acceptors (Lipinski definition) is 11. The largest absolute Gasteiger partial charge is 0.416 e. The van der Waals surface area contributed by atoms with Gasteiger partial charge in [-0.15, -0.1) is 0 Å². The summed E-state index contributed by atoms with van der Waals surface area (Å²) in [5.41, 5.74) is -6.09. The van der Waals surface area contributed by atoms with Gasteiger partial charge in [0, 0.05) is 37.5 Å². The van der Waals surface area contributed by atoms with Crippen molar-refractivity contribution in [1.29, 1.82) is 0 Å². The van der Waals surface area contributed by atoms with Crippen LogP contribution in [0.2, 0.25) is 0 Å². The summed E-state index contributed by atoms with van der Waals surface area (Å²) in [6, 6.07) is 8.96. The Bertz CT molecular complexity index is 1400. The number of alkyl halides is 3. The van der Waals surface area contributed by atoms with E-state index in [0.29, 0.717) is 24.3 Å². The van der Waals surface area contributed by atoms with Crippen LogP contribution >= 0.6 is 17.1 Å². The van der Waals surface area contributed by atoms with Gasteiger partial charge in [0.15, 0.2) is 5.69 Å². The molecule has 2 rings (SSSR count). The van der Waals surface area contributed by atoms with E-state index in [4.69, 9.17) is 20.9 Å². The lowest BCUT2D eigenvalue weighted by Gasteiger charge is -2.25. The zero-order valence-electron chi connectivity index (χ0n) is 26.4. The molecule has 0 amide bonds. The molecule has 2 aromatic carbocycles. The van der Waals surface area contributed by atoms with Gasteiger partial charge in [-0.05, 0) is 65.0 Å². The second-order valence-corrected chi connectivity index (χ2v) is 18.2. The molecule has 19 heteroatoms. The van der Waals surface area contributed by atoms with Crippen molar-refractivity contribution >= 4 is 56.0 Å². The van der Waals surface area contributed by atoms with Crippen LogP contribution in [0, 0.1) is 20.2 Å². The minimum absolute atomic E-state index is 0.0342. The SMILES string of the molecule is CC(C)OP(=S)(OC(C)C)SCCNS(=O)(=O)c1ccccc1.CCCCN(CC)c1c([N+](=O)[O-])cc(C(F)(F)F)cc1[N+](=O)[O-]. The van der Waals surface area contributed by atoms with E-state index < -0.39 is 48.7 Å². The van der Waals surface area contributed by atoms with Gasteiger partial charge < -0.3 is 13.9 Å². The van der Waals surface area contributed by atoms with E-state index in [9.17, 15) is 41.8 Å². The lowest BCUT2D eigenvalue weighted by atomic mass is 10.1. The number of anilines is 1. The van der Waals surface area contributed by atoms with E-state index in [1.165, 1.54) is 16.3 Å². The van der Waals surface area contributed by atoms with Crippen molar-refractivity contribution in [2.45, 2.75) is 77.7 Å². The number of hydrogen-bond donors (Lipinski definition) is 1. The van der Waals surface area contributed by atoms with Gasteiger partial charge in [-0.3, -0.25) is 20.2 Å². The van der Waals surface area contributed by atoms with Crippen LogP contribution in [0.15, 0.2) is 47.4 Å². The summed E-state index contributed by atoms with van der Waals surface area (Å²) in [4.78, 5) is 21.9. The van der Waals surface area contributed by atoms with E-state index in [2.05, 4.69) is 4.72 Å². The Labute approximate surface area is 276 Å². The van der Waals surface area contributed by atoms with Crippen molar-refractivity contribution in [2.75, 3.05) is 30.3 Å². The molecule has 0 radical (unpaired) electrons. The Balaban J connectivity index is 0.000000460. The van der Waals surface area contributed by atoms with E-state index in [-0.39, 0.29) is 42.4 Å². The number of nitrogens with one attached hydrogen (secondary N) is 1. The van der Waals surface area contributed by atoms with Crippen LogP contribution in [0.5, 0.6) is 0 Å². The van der Waals surface area contributed by atoms with Crippen LogP contribution in [0.1, 0.15) is 59.9 Å². The predicted molar refractivity (Wildman–Crippen MR) is 178 cm³/mol. The highest BCUT2D eigenvalue weighted by atomic mass is 32.9. The molecule has 0 bridgehead atoms.